The van der Waals surface area contributed by atoms with E-state index in [9.17, 15) is 0 Å². The molecule has 19 heavy (non-hydrogen) atoms. The predicted octanol–water partition coefficient (Wildman–Crippen LogP) is 2.05. The van der Waals surface area contributed by atoms with E-state index in [0.29, 0.717) is 6.04 Å². The first-order chi connectivity index (χ1) is 9.26. The molecule has 2 aliphatic rings. The standard InChI is InChI=1S/C16H25N3/c1-3-15-12-19(9-8-18(15)2)11-14-10-13-6-4-5-7-16(13)17-14/h4-7,14-15,17H,3,8-12H2,1-2H3. The summed E-state index contributed by atoms with van der Waals surface area (Å²) in [5, 5.41) is 3.67. The highest BCUT2D eigenvalue weighted by atomic mass is 15.3. The lowest BCUT2D eigenvalue weighted by Gasteiger charge is -2.40. The quantitative estimate of drug-likeness (QED) is 0.896. The maximum absolute atomic E-state index is 3.67. The lowest BCUT2D eigenvalue weighted by Crippen LogP contribution is -2.53. The van der Waals surface area contributed by atoms with Gasteiger partial charge in [-0.1, -0.05) is 25.1 Å². The van der Waals surface area contributed by atoms with Gasteiger partial charge in [-0.15, -0.1) is 0 Å². The van der Waals surface area contributed by atoms with E-state index in [4.69, 9.17) is 0 Å². The van der Waals surface area contributed by atoms with Gasteiger partial charge in [-0.2, -0.15) is 0 Å². The van der Waals surface area contributed by atoms with Crippen LogP contribution >= 0.6 is 0 Å². The number of benzene rings is 1. The van der Waals surface area contributed by atoms with Crippen LogP contribution in [0.4, 0.5) is 5.69 Å². The topological polar surface area (TPSA) is 18.5 Å². The van der Waals surface area contributed by atoms with Crippen LogP contribution in [0.5, 0.6) is 0 Å². The molecule has 1 saturated heterocycles. The van der Waals surface area contributed by atoms with Gasteiger partial charge in [0.2, 0.25) is 0 Å². The van der Waals surface area contributed by atoms with Crippen molar-refractivity contribution in [2.24, 2.45) is 0 Å². The Morgan fingerprint density at radius 2 is 2.11 bits per heavy atom. The zero-order valence-electron chi connectivity index (χ0n) is 12.1. The fourth-order valence-electron chi connectivity index (χ4n) is 3.41. The minimum Gasteiger partial charge on any atom is -0.380 e. The number of rotatable bonds is 3. The molecule has 0 amide bonds. The molecule has 2 atom stereocenters. The summed E-state index contributed by atoms with van der Waals surface area (Å²) >= 11 is 0. The zero-order chi connectivity index (χ0) is 13.2. The fourth-order valence-corrected chi connectivity index (χ4v) is 3.41. The van der Waals surface area contributed by atoms with Crippen LogP contribution in [-0.4, -0.2) is 55.1 Å². The van der Waals surface area contributed by atoms with Gasteiger partial charge < -0.3 is 10.2 Å². The Labute approximate surface area is 116 Å². The third kappa shape index (κ3) is 2.77. The molecule has 3 rings (SSSR count). The van der Waals surface area contributed by atoms with Gasteiger partial charge in [0.15, 0.2) is 0 Å². The molecule has 1 aromatic rings. The second-order valence-corrected chi connectivity index (χ2v) is 6.00. The van der Waals surface area contributed by atoms with E-state index in [1.54, 1.807) is 0 Å². The fraction of sp³-hybridized carbons (Fsp3) is 0.625. The Bertz CT molecular complexity index is 407. The zero-order valence-corrected chi connectivity index (χ0v) is 12.1. The average molecular weight is 259 g/mol. The summed E-state index contributed by atoms with van der Waals surface area (Å²) in [6, 6.07) is 10.1. The Hall–Kier alpha value is -1.06. The van der Waals surface area contributed by atoms with Crippen molar-refractivity contribution in [3.05, 3.63) is 29.8 Å². The Kier molecular flexibility index (Phi) is 3.76. The number of anilines is 1. The number of fused-ring (bicyclic) bond motifs is 1. The Morgan fingerprint density at radius 1 is 1.26 bits per heavy atom. The van der Waals surface area contributed by atoms with Crippen LogP contribution in [0.25, 0.3) is 0 Å². The number of piperazine rings is 1. The van der Waals surface area contributed by atoms with Crippen LogP contribution in [0.1, 0.15) is 18.9 Å². The van der Waals surface area contributed by atoms with Crippen molar-refractivity contribution in [3.8, 4) is 0 Å². The van der Waals surface area contributed by atoms with Crippen molar-refractivity contribution in [2.75, 3.05) is 38.5 Å². The van der Waals surface area contributed by atoms with E-state index < -0.39 is 0 Å². The first-order valence-electron chi connectivity index (χ1n) is 7.53. The van der Waals surface area contributed by atoms with Crippen LogP contribution < -0.4 is 5.32 Å². The van der Waals surface area contributed by atoms with Gasteiger partial charge in [0.1, 0.15) is 0 Å². The van der Waals surface area contributed by atoms with Crippen LogP contribution in [0.2, 0.25) is 0 Å². The smallest absolute Gasteiger partial charge is 0.0429 e. The number of nitrogens with zero attached hydrogens (tertiary/aromatic N) is 2. The molecule has 0 aliphatic carbocycles. The normalized spacial score (nSPS) is 28.1. The third-order valence-corrected chi connectivity index (χ3v) is 4.65. The first-order valence-corrected chi connectivity index (χ1v) is 7.53. The van der Waals surface area contributed by atoms with Gasteiger partial charge in [-0.05, 0) is 31.5 Å². The van der Waals surface area contributed by atoms with Gasteiger partial charge in [-0.3, -0.25) is 4.90 Å². The second-order valence-electron chi connectivity index (χ2n) is 6.00. The summed E-state index contributed by atoms with van der Waals surface area (Å²) in [4.78, 5) is 5.14. The minimum atomic E-state index is 0.596. The molecule has 0 bridgehead atoms. The average Bonchev–Trinajstić information content (AvgIpc) is 2.83. The number of hydrogen-bond acceptors (Lipinski definition) is 3. The molecule has 104 valence electrons. The molecule has 0 saturated carbocycles. The summed E-state index contributed by atoms with van der Waals surface area (Å²) in [5.74, 6) is 0. The molecule has 3 heteroatoms. The molecular formula is C16H25N3. The highest BCUT2D eigenvalue weighted by molar-refractivity contribution is 5.56. The van der Waals surface area contributed by atoms with Gasteiger partial charge in [-0.25, -0.2) is 0 Å². The largest absolute Gasteiger partial charge is 0.380 e. The van der Waals surface area contributed by atoms with E-state index >= 15 is 0 Å². The third-order valence-electron chi connectivity index (χ3n) is 4.65. The Balaban J connectivity index is 1.56. The minimum absolute atomic E-state index is 0.596. The van der Waals surface area contributed by atoms with Gasteiger partial charge in [0, 0.05) is 44.0 Å². The maximum Gasteiger partial charge on any atom is 0.0429 e. The van der Waals surface area contributed by atoms with Crippen molar-refractivity contribution < 1.29 is 0 Å². The summed E-state index contributed by atoms with van der Waals surface area (Å²) in [6.45, 7) is 7.12. The molecule has 1 fully saturated rings. The summed E-state index contributed by atoms with van der Waals surface area (Å²) < 4.78 is 0. The van der Waals surface area contributed by atoms with Gasteiger partial charge in [0.25, 0.3) is 0 Å². The molecular weight excluding hydrogens is 234 g/mol. The van der Waals surface area contributed by atoms with Gasteiger partial charge >= 0.3 is 0 Å². The van der Waals surface area contributed by atoms with Crippen LogP contribution in [0.15, 0.2) is 24.3 Å². The predicted molar refractivity (Wildman–Crippen MR) is 80.7 cm³/mol. The monoisotopic (exact) mass is 259 g/mol. The van der Waals surface area contributed by atoms with Crippen LogP contribution in [0.3, 0.4) is 0 Å². The van der Waals surface area contributed by atoms with E-state index in [-0.39, 0.29) is 0 Å². The van der Waals surface area contributed by atoms with E-state index in [2.05, 4.69) is 53.4 Å². The van der Waals surface area contributed by atoms with Crippen LogP contribution in [-0.2, 0) is 6.42 Å². The second kappa shape index (κ2) is 5.51. The molecule has 3 nitrogen and oxygen atoms in total. The Morgan fingerprint density at radius 3 is 2.89 bits per heavy atom. The maximum atomic E-state index is 3.67. The molecule has 2 aliphatic heterocycles. The highest BCUT2D eigenvalue weighted by Crippen LogP contribution is 2.26. The van der Waals surface area contributed by atoms with Crippen molar-refractivity contribution >= 4 is 5.69 Å². The van der Waals surface area contributed by atoms with E-state index in [0.717, 1.165) is 6.04 Å². The number of nitrogens with one attached hydrogen (secondary N) is 1. The molecule has 0 spiro atoms. The van der Waals surface area contributed by atoms with Crippen molar-refractivity contribution in [2.45, 2.75) is 31.8 Å². The molecule has 1 aromatic carbocycles. The highest BCUT2D eigenvalue weighted by Gasteiger charge is 2.27. The van der Waals surface area contributed by atoms with E-state index in [1.165, 1.54) is 50.3 Å². The summed E-state index contributed by atoms with van der Waals surface area (Å²) in [5.41, 5.74) is 2.82. The summed E-state index contributed by atoms with van der Waals surface area (Å²) in [7, 11) is 2.26. The number of para-hydroxylation sites is 1. The summed E-state index contributed by atoms with van der Waals surface area (Å²) in [6.07, 6.45) is 2.44. The van der Waals surface area contributed by atoms with Gasteiger partial charge in [0.05, 0.1) is 0 Å². The van der Waals surface area contributed by atoms with Crippen molar-refractivity contribution in [1.82, 2.24) is 9.80 Å². The molecule has 2 unspecified atom stereocenters. The SMILES string of the molecule is CCC1CN(CC2Cc3ccccc3N2)CCN1C. The van der Waals surface area contributed by atoms with E-state index in [1.807, 2.05) is 0 Å². The van der Waals surface area contributed by atoms with Crippen LogP contribution in [0, 0.1) is 0 Å². The first kappa shape index (κ1) is 12.9. The lowest BCUT2D eigenvalue weighted by atomic mass is 10.1. The lowest BCUT2D eigenvalue weighted by molar-refractivity contribution is 0.0908. The number of hydrogen-bond donors (Lipinski definition) is 1. The molecule has 2 heterocycles. The van der Waals surface area contributed by atoms with Crippen molar-refractivity contribution in [1.29, 1.82) is 0 Å². The van der Waals surface area contributed by atoms with Crippen molar-refractivity contribution in [3.63, 3.8) is 0 Å². The number of likely N-dealkylation sites (N-methyl/N-ethyl adjacent to an activating group) is 1. The molecule has 1 N–H and O–H groups in total. The molecule has 0 aromatic heterocycles. The molecule has 0 radical (unpaired) electrons.